The first-order chi connectivity index (χ1) is 13.1. The van der Waals surface area contributed by atoms with E-state index in [1.165, 1.54) is 10.5 Å². The lowest BCUT2D eigenvalue weighted by Gasteiger charge is -2.33. The van der Waals surface area contributed by atoms with Crippen molar-refractivity contribution >= 4 is 11.9 Å². The van der Waals surface area contributed by atoms with Crippen molar-refractivity contribution in [2.24, 2.45) is 0 Å². The molecule has 0 bridgehead atoms. The highest BCUT2D eigenvalue weighted by molar-refractivity contribution is 6.07. The van der Waals surface area contributed by atoms with E-state index in [0.29, 0.717) is 19.0 Å². The maximum Gasteiger partial charge on any atom is 0.326 e. The van der Waals surface area contributed by atoms with Gasteiger partial charge in [-0.3, -0.25) is 9.69 Å². The van der Waals surface area contributed by atoms with E-state index in [0.717, 1.165) is 56.4 Å². The lowest BCUT2D eigenvalue weighted by molar-refractivity contribution is -0.134. The summed E-state index contributed by atoms with van der Waals surface area (Å²) in [7, 11) is 3.26. The molecule has 1 aromatic carbocycles. The third-order valence-corrected chi connectivity index (χ3v) is 6.09. The molecule has 0 unspecified atom stereocenters. The van der Waals surface area contributed by atoms with E-state index >= 15 is 0 Å². The minimum Gasteiger partial charge on any atom is -0.493 e. The van der Waals surface area contributed by atoms with Gasteiger partial charge < -0.3 is 14.8 Å². The van der Waals surface area contributed by atoms with Crippen molar-refractivity contribution in [2.75, 3.05) is 27.4 Å². The van der Waals surface area contributed by atoms with Crippen molar-refractivity contribution in [2.45, 2.75) is 50.6 Å². The zero-order valence-corrected chi connectivity index (χ0v) is 16.0. The first-order valence-electron chi connectivity index (χ1n) is 9.66. The Balaban J connectivity index is 1.48. The van der Waals surface area contributed by atoms with Crippen LogP contribution in [0.4, 0.5) is 4.79 Å². The number of amides is 3. The van der Waals surface area contributed by atoms with E-state index in [9.17, 15) is 9.59 Å². The highest BCUT2D eigenvalue weighted by atomic mass is 16.5. The lowest BCUT2D eigenvalue weighted by atomic mass is 9.82. The monoisotopic (exact) mass is 373 g/mol. The predicted octanol–water partition coefficient (Wildman–Crippen LogP) is 2.27. The predicted molar refractivity (Wildman–Crippen MR) is 99.7 cm³/mol. The molecule has 0 aromatic heterocycles. The van der Waals surface area contributed by atoms with Crippen molar-refractivity contribution in [3.63, 3.8) is 0 Å². The number of methoxy groups -OCH3 is 2. The number of carbonyl (C=O) groups is 2. The van der Waals surface area contributed by atoms with Crippen LogP contribution < -0.4 is 14.8 Å². The number of nitrogens with zero attached hydrogens (tertiary/aromatic N) is 2. The average Bonchev–Trinajstić information content (AvgIpc) is 2.91. The molecule has 4 rings (SSSR count). The largest absolute Gasteiger partial charge is 0.493 e. The van der Waals surface area contributed by atoms with Crippen LogP contribution in [0, 0.1) is 0 Å². The molecule has 146 valence electrons. The van der Waals surface area contributed by atoms with Crippen molar-refractivity contribution in [1.29, 1.82) is 0 Å². The fraction of sp³-hybridized carbons (Fsp3) is 0.600. The molecule has 1 N–H and O–H groups in total. The zero-order valence-electron chi connectivity index (χ0n) is 16.0. The van der Waals surface area contributed by atoms with Gasteiger partial charge in [-0.25, -0.2) is 9.69 Å². The van der Waals surface area contributed by atoms with Crippen molar-refractivity contribution in [3.05, 3.63) is 23.3 Å². The SMILES string of the molecule is COc1cc2c(cc1OC)CN(CN1C(=O)NC3(CCCCC3)C1=O)CC2. The van der Waals surface area contributed by atoms with Crippen LogP contribution in [0.1, 0.15) is 43.2 Å². The van der Waals surface area contributed by atoms with E-state index in [-0.39, 0.29) is 11.9 Å². The van der Waals surface area contributed by atoms with Crippen LogP contribution >= 0.6 is 0 Å². The maximum absolute atomic E-state index is 13.0. The number of benzene rings is 1. The molecular weight excluding hydrogens is 346 g/mol. The van der Waals surface area contributed by atoms with Gasteiger partial charge in [0.2, 0.25) is 0 Å². The summed E-state index contributed by atoms with van der Waals surface area (Å²) in [6.07, 6.45) is 5.50. The lowest BCUT2D eigenvalue weighted by Crippen LogP contribution is -2.49. The third kappa shape index (κ3) is 3.14. The van der Waals surface area contributed by atoms with Crippen LogP contribution in [-0.2, 0) is 17.8 Å². The van der Waals surface area contributed by atoms with Gasteiger partial charge in [0.25, 0.3) is 5.91 Å². The number of fused-ring (bicyclic) bond motifs is 1. The molecule has 0 atom stereocenters. The second kappa shape index (κ2) is 7.03. The fourth-order valence-corrected chi connectivity index (χ4v) is 4.56. The Kier molecular flexibility index (Phi) is 4.72. The van der Waals surface area contributed by atoms with Crippen LogP contribution in [0.3, 0.4) is 0 Å². The van der Waals surface area contributed by atoms with Gasteiger partial charge in [0.05, 0.1) is 20.9 Å². The second-order valence-electron chi connectivity index (χ2n) is 7.73. The van der Waals surface area contributed by atoms with Crippen LogP contribution in [-0.4, -0.2) is 54.7 Å². The Morgan fingerprint density at radius 3 is 2.37 bits per heavy atom. The van der Waals surface area contributed by atoms with Gasteiger partial charge in [0.15, 0.2) is 11.5 Å². The van der Waals surface area contributed by atoms with Gasteiger partial charge in [-0.1, -0.05) is 19.3 Å². The summed E-state index contributed by atoms with van der Waals surface area (Å²) in [4.78, 5) is 29.0. The maximum atomic E-state index is 13.0. The van der Waals surface area contributed by atoms with Gasteiger partial charge in [-0.05, 0) is 42.5 Å². The first kappa shape index (κ1) is 18.1. The highest BCUT2D eigenvalue weighted by Crippen LogP contribution is 2.35. The summed E-state index contributed by atoms with van der Waals surface area (Å²) in [5, 5.41) is 2.99. The van der Waals surface area contributed by atoms with E-state index < -0.39 is 5.54 Å². The molecule has 3 amide bonds. The number of rotatable bonds is 4. The minimum atomic E-state index is -0.653. The smallest absolute Gasteiger partial charge is 0.326 e. The molecule has 1 spiro atoms. The topological polar surface area (TPSA) is 71.1 Å². The molecule has 1 saturated heterocycles. The van der Waals surface area contributed by atoms with Crippen LogP contribution in [0.25, 0.3) is 0 Å². The van der Waals surface area contributed by atoms with Gasteiger partial charge in [-0.15, -0.1) is 0 Å². The van der Waals surface area contributed by atoms with Crippen molar-refractivity contribution < 1.29 is 19.1 Å². The van der Waals surface area contributed by atoms with Gasteiger partial charge in [0, 0.05) is 13.1 Å². The minimum absolute atomic E-state index is 0.0506. The molecule has 3 aliphatic rings. The zero-order chi connectivity index (χ0) is 19.0. The first-order valence-corrected chi connectivity index (χ1v) is 9.66. The van der Waals surface area contributed by atoms with Gasteiger partial charge >= 0.3 is 6.03 Å². The second-order valence-corrected chi connectivity index (χ2v) is 7.73. The number of hydrogen-bond donors (Lipinski definition) is 1. The molecule has 1 aromatic rings. The van der Waals surface area contributed by atoms with Crippen molar-refractivity contribution in [3.8, 4) is 11.5 Å². The van der Waals surface area contributed by atoms with Crippen LogP contribution in [0.2, 0.25) is 0 Å². The van der Waals surface area contributed by atoms with Gasteiger partial charge in [-0.2, -0.15) is 0 Å². The number of ether oxygens (including phenoxy) is 2. The highest BCUT2D eigenvalue weighted by Gasteiger charge is 2.51. The number of nitrogens with one attached hydrogen (secondary N) is 1. The summed E-state index contributed by atoms with van der Waals surface area (Å²) >= 11 is 0. The standard InChI is InChI=1S/C20H27N3O4/c1-26-16-10-14-6-9-22(12-15(14)11-17(16)27-2)13-23-18(24)20(21-19(23)25)7-4-3-5-8-20/h10-11H,3-9,12-13H2,1-2H3,(H,21,25). The number of imide groups is 1. The number of carbonyl (C=O) groups excluding carboxylic acids is 2. The summed E-state index contributed by atoms with van der Waals surface area (Å²) in [5.41, 5.74) is 1.72. The molecule has 2 aliphatic heterocycles. The molecule has 1 aliphatic carbocycles. The Morgan fingerprint density at radius 1 is 1.04 bits per heavy atom. The van der Waals surface area contributed by atoms with Gasteiger partial charge in [0.1, 0.15) is 5.54 Å². The summed E-state index contributed by atoms with van der Waals surface area (Å²) in [5.74, 6) is 1.39. The van der Waals surface area contributed by atoms with Crippen LogP contribution in [0.5, 0.6) is 11.5 Å². The molecule has 1 saturated carbocycles. The fourth-order valence-electron chi connectivity index (χ4n) is 4.56. The van der Waals surface area contributed by atoms with E-state index in [2.05, 4.69) is 10.2 Å². The molecule has 0 radical (unpaired) electrons. The molecule has 2 heterocycles. The van der Waals surface area contributed by atoms with Crippen molar-refractivity contribution in [1.82, 2.24) is 15.1 Å². The Morgan fingerprint density at radius 2 is 1.70 bits per heavy atom. The summed E-state index contributed by atoms with van der Waals surface area (Å²) in [6, 6.07) is 3.77. The average molecular weight is 373 g/mol. The van der Waals surface area contributed by atoms with Crippen LogP contribution in [0.15, 0.2) is 12.1 Å². The quantitative estimate of drug-likeness (QED) is 0.820. The Bertz CT molecular complexity index is 758. The van der Waals surface area contributed by atoms with E-state index in [1.54, 1.807) is 14.2 Å². The normalized spacial score (nSPS) is 21.9. The molecule has 2 fully saturated rings. The Hall–Kier alpha value is -2.28. The third-order valence-electron chi connectivity index (χ3n) is 6.09. The summed E-state index contributed by atoms with van der Waals surface area (Å²) in [6.45, 7) is 1.81. The molecular formula is C20H27N3O4. The van der Waals surface area contributed by atoms with E-state index in [1.807, 2.05) is 12.1 Å². The van der Waals surface area contributed by atoms with E-state index in [4.69, 9.17) is 9.47 Å². The Labute approximate surface area is 159 Å². The molecule has 27 heavy (non-hydrogen) atoms. The number of urea groups is 1. The number of hydrogen-bond acceptors (Lipinski definition) is 5. The molecule has 7 heteroatoms. The summed E-state index contributed by atoms with van der Waals surface area (Å²) < 4.78 is 10.8. The molecule has 7 nitrogen and oxygen atoms in total.